The van der Waals surface area contributed by atoms with E-state index in [-0.39, 0.29) is 11.8 Å². The summed E-state index contributed by atoms with van der Waals surface area (Å²) in [5, 5.41) is 7.34. The summed E-state index contributed by atoms with van der Waals surface area (Å²) in [5.41, 5.74) is 3.27. The van der Waals surface area contributed by atoms with Gasteiger partial charge in [-0.25, -0.2) is 0 Å². The number of methoxy groups -OCH3 is 2. The molecule has 1 unspecified atom stereocenters. The minimum atomic E-state index is -0.0535. The van der Waals surface area contributed by atoms with E-state index in [2.05, 4.69) is 49.5 Å². The Balaban J connectivity index is 1.12. The molecular weight excluding hydrogens is 506 g/mol. The summed E-state index contributed by atoms with van der Waals surface area (Å²) in [6, 6.07) is 14.2. The molecule has 0 bridgehead atoms. The van der Waals surface area contributed by atoms with Crippen LogP contribution in [0.3, 0.4) is 0 Å². The van der Waals surface area contributed by atoms with Crippen LogP contribution in [-0.2, 0) is 24.4 Å². The van der Waals surface area contributed by atoms with Gasteiger partial charge in [-0.3, -0.25) is 14.6 Å². The SMILES string of the molecule is COc1ccc(-c2noc(CN3CCCC(C(=O)NCc4cccc(CN5CCCCCC5)c4)C3)n2)cc1OC. The van der Waals surface area contributed by atoms with Gasteiger partial charge in [0.15, 0.2) is 11.5 Å². The minimum Gasteiger partial charge on any atom is -0.493 e. The largest absolute Gasteiger partial charge is 0.493 e. The quantitative estimate of drug-likeness (QED) is 0.392. The highest BCUT2D eigenvalue weighted by atomic mass is 16.5. The molecular formula is C31H41N5O4. The van der Waals surface area contributed by atoms with Crippen molar-refractivity contribution in [1.82, 2.24) is 25.3 Å². The van der Waals surface area contributed by atoms with Crippen molar-refractivity contribution in [3.8, 4) is 22.9 Å². The third-order valence-corrected chi connectivity index (χ3v) is 7.91. The van der Waals surface area contributed by atoms with Gasteiger partial charge in [0.25, 0.3) is 0 Å². The Morgan fingerprint density at radius 1 is 0.925 bits per heavy atom. The van der Waals surface area contributed by atoms with Crippen molar-refractivity contribution in [1.29, 1.82) is 0 Å². The topological polar surface area (TPSA) is 93.0 Å². The van der Waals surface area contributed by atoms with Crippen molar-refractivity contribution < 1.29 is 18.8 Å². The van der Waals surface area contributed by atoms with Crippen LogP contribution >= 0.6 is 0 Å². The molecule has 2 aliphatic rings. The monoisotopic (exact) mass is 547 g/mol. The maximum atomic E-state index is 13.1. The van der Waals surface area contributed by atoms with E-state index in [4.69, 9.17) is 14.0 Å². The van der Waals surface area contributed by atoms with E-state index in [0.29, 0.717) is 42.8 Å². The molecule has 3 heterocycles. The number of aromatic nitrogens is 2. The Labute approximate surface area is 236 Å². The third-order valence-electron chi connectivity index (χ3n) is 7.91. The van der Waals surface area contributed by atoms with E-state index < -0.39 is 0 Å². The third kappa shape index (κ3) is 7.40. The zero-order valence-electron chi connectivity index (χ0n) is 23.7. The van der Waals surface area contributed by atoms with Gasteiger partial charge in [-0.2, -0.15) is 4.98 Å². The molecule has 214 valence electrons. The van der Waals surface area contributed by atoms with Gasteiger partial charge in [0.2, 0.25) is 17.6 Å². The van der Waals surface area contributed by atoms with Gasteiger partial charge in [0.05, 0.1) is 26.7 Å². The van der Waals surface area contributed by atoms with Gasteiger partial charge in [0.1, 0.15) is 0 Å². The Bertz CT molecular complexity index is 1250. The number of benzene rings is 2. The van der Waals surface area contributed by atoms with Gasteiger partial charge >= 0.3 is 0 Å². The Hall–Kier alpha value is -3.43. The standard InChI is InChI=1S/C31H41N5O4/c1-38-27-13-12-25(18-28(27)39-2)30-33-29(40-34-30)22-36-16-8-11-26(21-36)31(37)32-19-23-9-7-10-24(17-23)20-35-14-5-3-4-6-15-35/h7,9-10,12-13,17-18,26H,3-6,8,11,14-16,19-22H2,1-2H3,(H,32,37). The zero-order valence-corrected chi connectivity index (χ0v) is 23.7. The smallest absolute Gasteiger partial charge is 0.241 e. The molecule has 9 heteroatoms. The first-order chi connectivity index (χ1) is 19.6. The summed E-state index contributed by atoms with van der Waals surface area (Å²) in [5.74, 6) is 2.35. The molecule has 2 aliphatic heterocycles. The minimum absolute atomic E-state index is 0.0535. The summed E-state index contributed by atoms with van der Waals surface area (Å²) in [4.78, 5) is 22.5. The zero-order chi connectivity index (χ0) is 27.7. The van der Waals surface area contributed by atoms with Crippen LogP contribution < -0.4 is 14.8 Å². The molecule has 9 nitrogen and oxygen atoms in total. The van der Waals surface area contributed by atoms with Crippen LogP contribution in [-0.4, -0.2) is 66.2 Å². The lowest BCUT2D eigenvalue weighted by molar-refractivity contribution is -0.127. The average Bonchev–Trinajstić information content (AvgIpc) is 3.30. The lowest BCUT2D eigenvalue weighted by Crippen LogP contribution is -2.42. The highest BCUT2D eigenvalue weighted by molar-refractivity contribution is 5.79. The van der Waals surface area contributed by atoms with Crippen molar-refractivity contribution in [2.45, 2.75) is 58.2 Å². The van der Waals surface area contributed by atoms with Crippen molar-refractivity contribution in [2.24, 2.45) is 5.92 Å². The van der Waals surface area contributed by atoms with E-state index in [0.717, 1.165) is 37.1 Å². The molecule has 0 spiro atoms. The van der Waals surface area contributed by atoms with Gasteiger partial charge < -0.3 is 19.3 Å². The first-order valence-electron chi connectivity index (χ1n) is 14.5. The van der Waals surface area contributed by atoms with E-state index in [1.165, 1.54) is 44.3 Å². The first kappa shape index (κ1) is 28.1. The number of hydrogen-bond donors (Lipinski definition) is 1. The summed E-state index contributed by atoms with van der Waals surface area (Å²) < 4.78 is 16.2. The molecule has 5 rings (SSSR count). The second-order valence-electron chi connectivity index (χ2n) is 10.9. The predicted octanol–water partition coefficient (Wildman–Crippen LogP) is 4.66. The number of piperidine rings is 1. The number of carbonyl (C=O) groups is 1. The number of carbonyl (C=O) groups excluding carboxylic acids is 1. The molecule has 0 aliphatic carbocycles. The molecule has 1 atom stereocenters. The number of rotatable bonds is 10. The summed E-state index contributed by atoms with van der Waals surface area (Å²) in [6.07, 6.45) is 7.12. The molecule has 2 saturated heterocycles. The number of hydrogen-bond acceptors (Lipinski definition) is 8. The van der Waals surface area contributed by atoms with Crippen molar-refractivity contribution in [3.63, 3.8) is 0 Å². The van der Waals surface area contributed by atoms with Gasteiger partial charge in [-0.15, -0.1) is 0 Å². The maximum Gasteiger partial charge on any atom is 0.241 e. The molecule has 40 heavy (non-hydrogen) atoms. The van der Waals surface area contributed by atoms with Crippen LogP contribution in [0.2, 0.25) is 0 Å². The fourth-order valence-electron chi connectivity index (χ4n) is 5.74. The van der Waals surface area contributed by atoms with Crippen LogP contribution in [0.4, 0.5) is 0 Å². The lowest BCUT2D eigenvalue weighted by Gasteiger charge is -2.30. The van der Waals surface area contributed by atoms with Crippen LogP contribution in [0.15, 0.2) is 47.0 Å². The van der Waals surface area contributed by atoms with Gasteiger partial charge in [-0.05, 0) is 74.6 Å². The second-order valence-corrected chi connectivity index (χ2v) is 10.9. The maximum absolute atomic E-state index is 13.1. The average molecular weight is 548 g/mol. The number of nitrogens with zero attached hydrogens (tertiary/aromatic N) is 4. The van der Waals surface area contributed by atoms with Crippen LogP contribution in [0.25, 0.3) is 11.4 Å². The molecule has 2 fully saturated rings. The number of nitrogens with one attached hydrogen (secondary N) is 1. The van der Waals surface area contributed by atoms with Gasteiger partial charge in [-0.1, -0.05) is 42.3 Å². The fraction of sp³-hybridized carbons (Fsp3) is 0.516. The van der Waals surface area contributed by atoms with Crippen molar-refractivity contribution >= 4 is 5.91 Å². The number of ether oxygens (including phenoxy) is 2. The highest BCUT2D eigenvalue weighted by Gasteiger charge is 2.27. The molecule has 1 amide bonds. The lowest BCUT2D eigenvalue weighted by atomic mass is 9.97. The number of likely N-dealkylation sites (tertiary alicyclic amines) is 2. The predicted molar refractivity (Wildman–Crippen MR) is 153 cm³/mol. The summed E-state index contributed by atoms with van der Waals surface area (Å²) in [6.45, 7) is 6.00. The Kier molecular flexibility index (Phi) is 9.67. The Morgan fingerprint density at radius 2 is 1.70 bits per heavy atom. The van der Waals surface area contributed by atoms with E-state index in [1.54, 1.807) is 14.2 Å². The van der Waals surface area contributed by atoms with Crippen LogP contribution in [0.1, 0.15) is 55.5 Å². The first-order valence-corrected chi connectivity index (χ1v) is 14.5. The molecule has 1 aromatic heterocycles. The van der Waals surface area contributed by atoms with Crippen molar-refractivity contribution in [3.05, 3.63) is 59.5 Å². The highest BCUT2D eigenvalue weighted by Crippen LogP contribution is 2.31. The molecule has 2 aromatic carbocycles. The molecule has 0 saturated carbocycles. The van der Waals surface area contributed by atoms with Crippen molar-refractivity contribution in [2.75, 3.05) is 40.4 Å². The van der Waals surface area contributed by atoms with E-state index in [1.807, 2.05) is 18.2 Å². The molecule has 3 aromatic rings. The normalized spacial score (nSPS) is 18.7. The second kappa shape index (κ2) is 13.8. The molecule has 1 N–H and O–H groups in total. The van der Waals surface area contributed by atoms with E-state index >= 15 is 0 Å². The molecule has 0 radical (unpaired) electrons. The summed E-state index contributed by atoms with van der Waals surface area (Å²) >= 11 is 0. The van der Waals surface area contributed by atoms with Crippen LogP contribution in [0.5, 0.6) is 11.5 Å². The number of amides is 1. The van der Waals surface area contributed by atoms with Crippen LogP contribution in [0, 0.1) is 5.92 Å². The fourth-order valence-corrected chi connectivity index (χ4v) is 5.74. The summed E-state index contributed by atoms with van der Waals surface area (Å²) in [7, 11) is 3.20. The Morgan fingerprint density at radius 3 is 2.50 bits per heavy atom. The van der Waals surface area contributed by atoms with E-state index in [9.17, 15) is 4.79 Å². The van der Waals surface area contributed by atoms with Gasteiger partial charge in [0, 0.05) is 25.2 Å².